The van der Waals surface area contributed by atoms with Crippen molar-refractivity contribution in [1.29, 1.82) is 0 Å². The van der Waals surface area contributed by atoms with Crippen LogP contribution in [0.4, 0.5) is 0 Å². The molecule has 7 nitrogen and oxygen atoms in total. The van der Waals surface area contributed by atoms with E-state index < -0.39 is 0 Å². The molecule has 7 heteroatoms. The van der Waals surface area contributed by atoms with Crippen LogP contribution in [0.3, 0.4) is 0 Å². The van der Waals surface area contributed by atoms with Crippen LogP contribution in [0.5, 0.6) is 0 Å². The molecule has 140 valence electrons. The van der Waals surface area contributed by atoms with Crippen molar-refractivity contribution in [3.05, 3.63) is 53.9 Å². The summed E-state index contributed by atoms with van der Waals surface area (Å²) in [5.41, 5.74) is 2.32. The van der Waals surface area contributed by atoms with Crippen molar-refractivity contribution in [2.75, 3.05) is 20.2 Å². The van der Waals surface area contributed by atoms with E-state index in [0.29, 0.717) is 25.6 Å². The van der Waals surface area contributed by atoms with Crippen LogP contribution in [-0.4, -0.2) is 41.9 Å². The number of ether oxygens (including phenoxy) is 1. The fraction of sp³-hybridized carbons (Fsp3) is 0.421. The second kappa shape index (κ2) is 10.2. The number of carbonyl (C=O) groups excluding carboxylic acids is 1. The van der Waals surface area contributed by atoms with E-state index in [-0.39, 0.29) is 11.9 Å². The molecule has 0 radical (unpaired) electrons. The molecule has 1 aromatic heterocycles. The molecule has 2 rings (SSSR count). The molecule has 2 aromatic rings. The Bertz CT molecular complexity index is 712. The second-order valence-corrected chi connectivity index (χ2v) is 5.97. The number of benzene rings is 1. The van der Waals surface area contributed by atoms with Gasteiger partial charge in [0.15, 0.2) is 5.96 Å². The minimum absolute atomic E-state index is 0.238. The number of aliphatic imine (C=N–C) groups is 1. The normalized spacial score (nSPS) is 12.5. The van der Waals surface area contributed by atoms with E-state index in [9.17, 15) is 4.79 Å². The van der Waals surface area contributed by atoms with Gasteiger partial charge >= 0.3 is 5.97 Å². The molecule has 26 heavy (non-hydrogen) atoms. The van der Waals surface area contributed by atoms with E-state index >= 15 is 0 Å². The Morgan fingerprint density at radius 3 is 2.69 bits per heavy atom. The number of carbonyl (C=O) groups is 1. The number of esters is 1. The number of hydrogen-bond donors (Lipinski definition) is 2. The van der Waals surface area contributed by atoms with Gasteiger partial charge in [0.05, 0.1) is 26.1 Å². The highest BCUT2D eigenvalue weighted by molar-refractivity contribution is 5.80. The Labute approximate surface area is 154 Å². The lowest BCUT2D eigenvalue weighted by atomic mass is 10.1. The van der Waals surface area contributed by atoms with Crippen molar-refractivity contribution < 1.29 is 9.53 Å². The van der Waals surface area contributed by atoms with Gasteiger partial charge in [-0.2, -0.15) is 5.10 Å². The number of guanidine groups is 1. The van der Waals surface area contributed by atoms with Gasteiger partial charge in [0.25, 0.3) is 0 Å². The number of aromatic nitrogens is 2. The molecule has 0 aliphatic rings. The fourth-order valence-corrected chi connectivity index (χ4v) is 2.47. The molecule has 0 saturated carbocycles. The zero-order chi connectivity index (χ0) is 18.8. The summed E-state index contributed by atoms with van der Waals surface area (Å²) in [5, 5.41) is 10.7. The molecule has 0 amide bonds. The number of hydrogen-bond acceptors (Lipinski definition) is 4. The largest absolute Gasteiger partial charge is 0.469 e. The number of methoxy groups -OCH3 is 1. The van der Waals surface area contributed by atoms with Crippen molar-refractivity contribution >= 4 is 11.9 Å². The summed E-state index contributed by atoms with van der Waals surface area (Å²) in [5.74, 6) is 0.200. The quantitative estimate of drug-likeness (QED) is 0.428. The minimum Gasteiger partial charge on any atom is -0.469 e. The van der Waals surface area contributed by atoms with E-state index in [2.05, 4.69) is 32.9 Å². The molecule has 0 aliphatic carbocycles. The summed E-state index contributed by atoms with van der Waals surface area (Å²) in [6, 6.07) is 10.1. The summed E-state index contributed by atoms with van der Waals surface area (Å²) in [6.07, 6.45) is 3.72. The maximum atomic E-state index is 11.5. The van der Waals surface area contributed by atoms with Crippen LogP contribution < -0.4 is 10.6 Å². The summed E-state index contributed by atoms with van der Waals surface area (Å²) in [7, 11) is 1.40. The van der Waals surface area contributed by atoms with E-state index in [1.165, 1.54) is 12.7 Å². The predicted octanol–water partition coefficient (Wildman–Crippen LogP) is 1.80. The standard InChI is InChI=1S/C19H27N5O2/c1-4-20-19(21-12-15(2)18(25)26-3)22-13-16-8-5-6-9-17(16)14-24-11-7-10-23-24/h5-11,15H,4,12-14H2,1-3H3,(H2,20,21,22). The van der Waals surface area contributed by atoms with Gasteiger partial charge < -0.3 is 15.4 Å². The molecule has 0 fully saturated rings. The Balaban J connectivity index is 2.03. The van der Waals surface area contributed by atoms with Crippen molar-refractivity contribution in [3.8, 4) is 0 Å². The molecule has 1 atom stereocenters. The number of nitrogens with one attached hydrogen (secondary N) is 2. The van der Waals surface area contributed by atoms with Gasteiger partial charge in [-0.05, 0) is 24.1 Å². The van der Waals surface area contributed by atoms with Crippen molar-refractivity contribution in [2.24, 2.45) is 10.9 Å². The Morgan fingerprint density at radius 2 is 2.04 bits per heavy atom. The third-order valence-corrected chi connectivity index (χ3v) is 3.94. The second-order valence-electron chi connectivity index (χ2n) is 5.97. The highest BCUT2D eigenvalue weighted by Gasteiger charge is 2.13. The van der Waals surface area contributed by atoms with Gasteiger partial charge in [0, 0.05) is 25.5 Å². The van der Waals surface area contributed by atoms with Crippen LogP contribution in [-0.2, 0) is 22.6 Å². The third kappa shape index (κ3) is 5.91. The monoisotopic (exact) mass is 357 g/mol. The van der Waals surface area contributed by atoms with E-state index in [0.717, 1.165) is 12.1 Å². The van der Waals surface area contributed by atoms with Gasteiger partial charge in [-0.15, -0.1) is 0 Å². The lowest BCUT2D eigenvalue weighted by Crippen LogP contribution is -2.40. The molecular weight excluding hydrogens is 330 g/mol. The van der Waals surface area contributed by atoms with Crippen LogP contribution in [0.2, 0.25) is 0 Å². The van der Waals surface area contributed by atoms with Crippen molar-refractivity contribution in [2.45, 2.75) is 26.9 Å². The van der Waals surface area contributed by atoms with Crippen molar-refractivity contribution in [3.63, 3.8) is 0 Å². The van der Waals surface area contributed by atoms with Crippen LogP contribution in [0, 0.1) is 5.92 Å². The maximum Gasteiger partial charge on any atom is 0.310 e. The van der Waals surface area contributed by atoms with E-state index in [1.54, 1.807) is 6.20 Å². The molecule has 1 aromatic carbocycles. The first-order valence-corrected chi connectivity index (χ1v) is 8.78. The molecule has 0 bridgehead atoms. The minimum atomic E-state index is -0.240. The molecule has 0 spiro atoms. The van der Waals surface area contributed by atoms with Crippen LogP contribution in [0.25, 0.3) is 0 Å². The molecule has 0 saturated heterocycles. The average molecular weight is 357 g/mol. The average Bonchev–Trinajstić information content (AvgIpc) is 3.17. The van der Waals surface area contributed by atoms with Gasteiger partial charge in [-0.3, -0.25) is 9.48 Å². The first kappa shape index (κ1) is 19.5. The molecule has 1 unspecified atom stereocenters. The number of rotatable bonds is 8. The highest BCUT2D eigenvalue weighted by Crippen LogP contribution is 2.11. The highest BCUT2D eigenvalue weighted by atomic mass is 16.5. The Hall–Kier alpha value is -2.83. The summed E-state index contributed by atoms with van der Waals surface area (Å²) in [6.45, 7) is 6.29. The van der Waals surface area contributed by atoms with Crippen LogP contribution in [0.1, 0.15) is 25.0 Å². The zero-order valence-corrected chi connectivity index (χ0v) is 15.6. The lowest BCUT2D eigenvalue weighted by Gasteiger charge is -2.15. The lowest BCUT2D eigenvalue weighted by molar-refractivity contribution is -0.144. The molecule has 1 heterocycles. The number of nitrogens with zero attached hydrogens (tertiary/aromatic N) is 3. The first-order valence-electron chi connectivity index (χ1n) is 8.78. The summed E-state index contributed by atoms with van der Waals surface area (Å²) < 4.78 is 6.64. The third-order valence-electron chi connectivity index (χ3n) is 3.94. The zero-order valence-electron chi connectivity index (χ0n) is 15.6. The Morgan fingerprint density at radius 1 is 1.27 bits per heavy atom. The van der Waals surface area contributed by atoms with Crippen LogP contribution >= 0.6 is 0 Å². The molecule has 2 N–H and O–H groups in total. The van der Waals surface area contributed by atoms with E-state index in [4.69, 9.17) is 4.74 Å². The van der Waals surface area contributed by atoms with Gasteiger partial charge in [-0.1, -0.05) is 31.2 Å². The SMILES string of the molecule is CCNC(=NCc1ccccc1Cn1cccn1)NCC(C)C(=O)OC. The summed E-state index contributed by atoms with van der Waals surface area (Å²) in [4.78, 5) is 16.2. The summed E-state index contributed by atoms with van der Waals surface area (Å²) >= 11 is 0. The van der Waals surface area contributed by atoms with Gasteiger partial charge in [0.1, 0.15) is 0 Å². The van der Waals surface area contributed by atoms with Gasteiger partial charge in [-0.25, -0.2) is 4.99 Å². The van der Waals surface area contributed by atoms with Gasteiger partial charge in [0.2, 0.25) is 0 Å². The predicted molar refractivity (Wildman–Crippen MR) is 102 cm³/mol. The topological polar surface area (TPSA) is 80.5 Å². The van der Waals surface area contributed by atoms with Crippen molar-refractivity contribution in [1.82, 2.24) is 20.4 Å². The fourth-order valence-electron chi connectivity index (χ4n) is 2.47. The van der Waals surface area contributed by atoms with Crippen LogP contribution in [0.15, 0.2) is 47.7 Å². The smallest absolute Gasteiger partial charge is 0.310 e. The van der Waals surface area contributed by atoms with E-state index in [1.807, 2.05) is 42.9 Å². The first-order chi connectivity index (χ1) is 12.6. The molecule has 0 aliphatic heterocycles. The molecular formula is C19H27N5O2. The Kier molecular flexibility index (Phi) is 7.67. The maximum absolute atomic E-state index is 11.5.